The molecular formula is C11H7ClN2S. The van der Waals surface area contributed by atoms with Crippen molar-refractivity contribution in [2.45, 2.75) is 6.92 Å². The van der Waals surface area contributed by atoms with Gasteiger partial charge in [-0.15, -0.1) is 0 Å². The average Bonchev–Trinajstić information content (AvgIpc) is 2.20. The molecule has 0 aliphatic carbocycles. The van der Waals surface area contributed by atoms with E-state index in [0.29, 0.717) is 5.02 Å². The van der Waals surface area contributed by atoms with Crippen molar-refractivity contribution >= 4 is 45.6 Å². The first-order chi connectivity index (χ1) is 7.22. The molecule has 2 aromatic rings. The van der Waals surface area contributed by atoms with Crippen molar-refractivity contribution in [1.29, 1.82) is 0 Å². The number of benzene rings is 1. The molecule has 4 heteroatoms. The summed E-state index contributed by atoms with van der Waals surface area (Å²) in [5.74, 6) is 0. The van der Waals surface area contributed by atoms with Gasteiger partial charge in [0.05, 0.1) is 21.4 Å². The molecule has 0 N–H and O–H groups in total. The van der Waals surface area contributed by atoms with Crippen LogP contribution in [-0.2, 0) is 0 Å². The molecule has 1 aromatic carbocycles. The zero-order valence-corrected chi connectivity index (χ0v) is 9.56. The molecule has 2 rings (SSSR count). The minimum atomic E-state index is 0.622. The molecule has 1 heterocycles. The van der Waals surface area contributed by atoms with Crippen molar-refractivity contribution in [3.8, 4) is 0 Å². The standard InChI is InChI=1S/C11H7ClN2S/c1-7-5-10(13-6-15)8-3-2-4-9(12)11(8)14-7/h2-5H,1H3. The molecule has 1 aromatic heterocycles. The lowest BCUT2D eigenvalue weighted by Crippen LogP contribution is -1.84. The van der Waals surface area contributed by atoms with Gasteiger partial charge in [-0.2, -0.15) is 4.99 Å². The molecule has 0 radical (unpaired) electrons. The third kappa shape index (κ3) is 1.90. The smallest absolute Gasteiger partial charge is 0.0913 e. The van der Waals surface area contributed by atoms with E-state index in [4.69, 9.17) is 11.6 Å². The molecule has 0 fully saturated rings. The summed E-state index contributed by atoms with van der Waals surface area (Å²) in [6, 6.07) is 7.45. The second kappa shape index (κ2) is 4.07. The third-order valence-electron chi connectivity index (χ3n) is 2.06. The number of fused-ring (bicyclic) bond motifs is 1. The van der Waals surface area contributed by atoms with Crippen LogP contribution in [0.2, 0.25) is 5.02 Å². The predicted octanol–water partition coefficient (Wildman–Crippen LogP) is 3.93. The van der Waals surface area contributed by atoms with E-state index in [9.17, 15) is 0 Å². The van der Waals surface area contributed by atoms with Gasteiger partial charge < -0.3 is 0 Å². The lowest BCUT2D eigenvalue weighted by molar-refractivity contribution is 1.25. The molecule has 0 saturated heterocycles. The molecule has 0 bridgehead atoms. The van der Waals surface area contributed by atoms with E-state index in [0.717, 1.165) is 22.3 Å². The van der Waals surface area contributed by atoms with Gasteiger partial charge in [0.1, 0.15) is 0 Å². The van der Waals surface area contributed by atoms with Gasteiger partial charge in [0.15, 0.2) is 0 Å². The number of aromatic nitrogens is 1. The Hall–Kier alpha value is -1.28. The summed E-state index contributed by atoms with van der Waals surface area (Å²) in [5, 5.41) is 3.88. The fourth-order valence-electron chi connectivity index (χ4n) is 1.46. The van der Waals surface area contributed by atoms with E-state index in [1.807, 2.05) is 25.1 Å². The quantitative estimate of drug-likeness (QED) is 0.552. The van der Waals surface area contributed by atoms with Crippen molar-refractivity contribution in [3.05, 3.63) is 35.0 Å². The van der Waals surface area contributed by atoms with Crippen LogP contribution in [0, 0.1) is 6.92 Å². The predicted molar refractivity (Wildman–Crippen MR) is 66.2 cm³/mol. The summed E-state index contributed by atoms with van der Waals surface area (Å²) in [7, 11) is 0. The number of aryl methyl sites for hydroxylation is 1. The van der Waals surface area contributed by atoms with Crippen LogP contribution >= 0.6 is 23.8 Å². The number of hydrogen-bond acceptors (Lipinski definition) is 3. The van der Waals surface area contributed by atoms with Crippen molar-refractivity contribution in [2.24, 2.45) is 4.99 Å². The largest absolute Gasteiger partial charge is 0.251 e. The lowest BCUT2D eigenvalue weighted by Gasteiger charge is -2.03. The topological polar surface area (TPSA) is 25.2 Å². The number of hydrogen-bond donors (Lipinski definition) is 0. The molecule has 74 valence electrons. The van der Waals surface area contributed by atoms with Crippen LogP contribution in [-0.4, -0.2) is 10.1 Å². The highest BCUT2D eigenvalue weighted by atomic mass is 35.5. The normalized spacial score (nSPS) is 10.0. The Kier molecular flexibility index (Phi) is 2.78. The van der Waals surface area contributed by atoms with E-state index in [1.165, 1.54) is 0 Å². The van der Waals surface area contributed by atoms with Crippen LogP contribution in [0.25, 0.3) is 10.9 Å². The summed E-state index contributed by atoms with van der Waals surface area (Å²) in [4.78, 5) is 8.37. The zero-order valence-electron chi connectivity index (χ0n) is 7.99. The van der Waals surface area contributed by atoms with Crippen molar-refractivity contribution < 1.29 is 0 Å². The Morgan fingerprint density at radius 1 is 1.47 bits per heavy atom. The number of halogens is 1. The van der Waals surface area contributed by atoms with Gasteiger partial charge in [0.2, 0.25) is 0 Å². The zero-order chi connectivity index (χ0) is 10.8. The van der Waals surface area contributed by atoms with E-state index in [1.54, 1.807) is 6.07 Å². The summed E-state index contributed by atoms with van der Waals surface area (Å²) in [6.45, 7) is 1.89. The Bertz CT molecular complexity index is 574. The van der Waals surface area contributed by atoms with Crippen LogP contribution in [0.5, 0.6) is 0 Å². The molecule has 0 aliphatic heterocycles. The highest BCUT2D eigenvalue weighted by Crippen LogP contribution is 2.29. The van der Waals surface area contributed by atoms with Crippen molar-refractivity contribution in [1.82, 2.24) is 4.98 Å². The fraction of sp³-hybridized carbons (Fsp3) is 0.0909. The number of pyridine rings is 1. The second-order valence-electron chi connectivity index (χ2n) is 3.12. The Morgan fingerprint density at radius 3 is 3.00 bits per heavy atom. The van der Waals surface area contributed by atoms with Crippen LogP contribution in [0.15, 0.2) is 29.3 Å². The maximum atomic E-state index is 6.05. The Morgan fingerprint density at radius 2 is 2.27 bits per heavy atom. The maximum absolute atomic E-state index is 6.05. The van der Waals surface area contributed by atoms with Gasteiger partial charge in [-0.05, 0) is 31.3 Å². The number of thiocarbonyl (C=S) groups is 1. The van der Waals surface area contributed by atoms with Gasteiger partial charge in [0, 0.05) is 11.1 Å². The van der Waals surface area contributed by atoms with Crippen molar-refractivity contribution in [3.63, 3.8) is 0 Å². The first kappa shape index (κ1) is 10.2. The van der Waals surface area contributed by atoms with Gasteiger partial charge in [-0.1, -0.05) is 23.7 Å². The highest BCUT2D eigenvalue weighted by Gasteiger charge is 2.05. The molecule has 2 nitrogen and oxygen atoms in total. The number of nitrogens with zero attached hydrogens (tertiary/aromatic N) is 2. The third-order valence-corrected chi connectivity index (χ3v) is 2.46. The number of aliphatic imine (C=N–C) groups is 1. The minimum absolute atomic E-state index is 0.622. The minimum Gasteiger partial charge on any atom is -0.251 e. The summed E-state index contributed by atoms with van der Waals surface area (Å²) in [5.41, 5.74) is 2.37. The SMILES string of the molecule is Cc1cc(N=C=S)c2cccc(Cl)c2n1. The van der Waals surface area contributed by atoms with E-state index >= 15 is 0 Å². The molecule has 0 amide bonds. The molecule has 15 heavy (non-hydrogen) atoms. The van der Waals surface area contributed by atoms with Crippen molar-refractivity contribution in [2.75, 3.05) is 0 Å². The maximum Gasteiger partial charge on any atom is 0.0913 e. The van der Waals surface area contributed by atoms with Gasteiger partial charge in [0.25, 0.3) is 0 Å². The lowest BCUT2D eigenvalue weighted by atomic mass is 10.1. The van der Waals surface area contributed by atoms with Gasteiger partial charge in [-0.3, -0.25) is 4.98 Å². The fourth-order valence-corrected chi connectivity index (χ4v) is 1.78. The molecular weight excluding hydrogens is 228 g/mol. The summed E-state index contributed by atoms with van der Waals surface area (Å²) >= 11 is 10.7. The number of para-hydroxylation sites is 1. The number of rotatable bonds is 1. The Balaban J connectivity index is 2.92. The van der Waals surface area contributed by atoms with Gasteiger partial charge in [-0.25, -0.2) is 0 Å². The molecule has 0 aliphatic rings. The molecule has 0 atom stereocenters. The summed E-state index contributed by atoms with van der Waals surface area (Å²) in [6.07, 6.45) is 0. The first-order valence-corrected chi connectivity index (χ1v) is 5.15. The second-order valence-corrected chi connectivity index (χ2v) is 3.71. The molecule has 0 unspecified atom stereocenters. The van der Waals surface area contributed by atoms with Crippen LogP contribution in [0.1, 0.15) is 5.69 Å². The van der Waals surface area contributed by atoms with E-state index < -0.39 is 0 Å². The summed E-state index contributed by atoms with van der Waals surface area (Å²) < 4.78 is 0. The molecule has 0 spiro atoms. The van der Waals surface area contributed by atoms with E-state index in [2.05, 4.69) is 27.4 Å². The monoisotopic (exact) mass is 234 g/mol. The number of isothiocyanates is 1. The van der Waals surface area contributed by atoms with E-state index in [-0.39, 0.29) is 0 Å². The van der Waals surface area contributed by atoms with Crippen LogP contribution in [0.3, 0.4) is 0 Å². The Labute approximate surface area is 97.6 Å². The van der Waals surface area contributed by atoms with Gasteiger partial charge >= 0.3 is 0 Å². The molecule has 0 saturated carbocycles. The van der Waals surface area contributed by atoms with Crippen LogP contribution < -0.4 is 0 Å². The van der Waals surface area contributed by atoms with Crippen LogP contribution in [0.4, 0.5) is 5.69 Å². The highest BCUT2D eigenvalue weighted by molar-refractivity contribution is 7.78. The average molecular weight is 235 g/mol. The first-order valence-electron chi connectivity index (χ1n) is 4.36.